The van der Waals surface area contributed by atoms with Crippen LogP contribution in [0.3, 0.4) is 0 Å². The highest BCUT2D eigenvalue weighted by Crippen LogP contribution is 2.29. The molecule has 1 aromatic rings. The van der Waals surface area contributed by atoms with Crippen molar-refractivity contribution in [1.82, 2.24) is 0 Å². The van der Waals surface area contributed by atoms with Gasteiger partial charge in [-0.25, -0.2) is 0 Å². The molecule has 2 N–H and O–H groups in total. The van der Waals surface area contributed by atoms with Gasteiger partial charge in [0.05, 0.1) is 5.56 Å². The molecule has 0 aromatic heterocycles. The second-order valence-electron chi connectivity index (χ2n) is 4.70. The van der Waals surface area contributed by atoms with E-state index in [2.05, 4.69) is 4.43 Å². The molecular weight excluding hydrogens is 289 g/mol. The summed E-state index contributed by atoms with van der Waals surface area (Å²) in [5.41, 5.74) is 0.201. The van der Waals surface area contributed by atoms with Gasteiger partial charge in [0, 0.05) is 6.42 Å². The van der Waals surface area contributed by atoms with Crippen LogP contribution in [0.2, 0.25) is 0 Å². The molecule has 1 aromatic carbocycles. The summed E-state index contributed by atoms with van der Waals surface area (Å²) in [6.07, 6.45) is -1.35. The molecule has 0 unspecified atom stereocenters. The van der Waals surface area contributed by atoms with Crippen molar-refractivity contribution < 1.29 is 27.8 Å². The largest absolute Gasteiger partial charge is 0.416 e. The first-order chi connectivity index (χ1) is 9.24. The van der Waals surface area contributed by atoms with Gasteiger partial charge in [-0.1, -0.05) is 18.6 Å². The minimum atomic E-state index is -4.30. The summed E-state index contributed by atoms with van der Waals surface area (Å²) in [7, 11) is 0.250. The first-order valence-corrected chi connectivity index (χ1v) is 7.22. The maximum Gasteiger partial charge on any atom is 0.416 e. The number of benzene rings is 1. The number of hydrogen-bond acceptors (Lipinski definition) is 3. The Labute approximate surface area is 118 Å². The van der Waals surface area contributed by atoms with Gasteiger partial charge in [-0.05, 0) is 37.0 Å². The molecule has 0 spiro atoms. The van der Waals surface area contributed by atoms with E-state index in [0.29, 0.717) is 12.8 Å². The van der Waals surface area contributed by atoms with Gasteiger partial charge in [0.25, 0.3) is 5.97 Å². The third-order valence-electron chi connectivity index (χ3n) is 3.08. The molecule has 0 bridgehead atoms. The van der Waals surface area contributed by atoms with Crippen LogP contribution in [0.5, 0.6) is 0 Å². The molecule has 20 heavy (non-hydrogen) atoms. The zero-order valence-corrected chi connectivity index (χ0v) is 13.3. The Kier molecular flexibility index (Phi) is 6.19. The zero-order valence-electron chi connectivity index (χ0n) is 11.3. The molecule has 7 heteroatoms. The monoisotopic (exact) mass is 308 g/mol. The van der Waals surface area contributed by atoms with E-state index < -0.39 is 17.7 Å². The molecule has 114 valence electrons. The van der Waals surface area contributed by atoms with Gasteiger partial charge in [0.1, 0.15) is 0 Å². The number of rotatable bonds is 7. The lowest BCUT2D eigenvalue weighted by Gasteiger charge is -2.19. The van der Waals surface area contributed by atoms with Gasteiger partial charge >= 0.3 is 6.18 Å². The number of halogens is 3. The van der Waals surface area contributed by atoms with Crippen LogP contribution in [0, 0.1) is 0 Å². The number of alkyl halides is 3. The molecule has 0 heterocycles. The van der Waals surface area contributed by atoms with E-state index >= 15 is 0 Å². The fourth-order valence-corrected chi connectivity index (χ4v) is 2.03. The fourth-order valence-electron chi connectivity index (χ4n) is 1.82. The Balaban J connectivity index is 2.29. The average Bonchev–Trinajstić information content (AvgIpc) is 2.38. The summed E-state index contributed by atoms with van der Waals surface area (Å²) < 4.78 is 41.7. The van der Waals surface area contributed by atoms with E-state index in [4.69, 9.17) is 0 Å². The second kappa shape index (κ2) is 7.21. The summed E-state index contributed by atoms with van der Waals surface area (Å²) in [6.45, 7) is 0. The molecule has 0 aliphatic rings. The Hall–Kier alpha value is -0.893. The normalized spacial score (nSPS) is 12.8. The maximum atomic E-state index is 12.4. The maximum absolute atomic E-state index is 12.4. The van der Waals surface area contributed by atoms with Crippen molar-refractivity contribution in [3.63, 3.8) is 0 Å². The molecule has 0 aliphatic heterocycles. The third-order valence-corrected chi connectivity index (χ3v) is 3.73. The Morgan fingerprint density at radius 3 is 2.10 bits per heavy atom. The summed E-state index contributed by atoms with van der Waals surface area (Å²) in [5, 5.41) is 18.4. The van der Waals surface area contributed by atoms with Gasteiger partial charge in [0.2, 0.25) is 0 Å². The summed E-state index contributed by atoms with van der Waals surface area (Å²) in [4.78, 5) is 0. The van der Waals surface area contributed by atoms with Crippen LogP contribution in [-0.2, 0) is 17.0 Å². The molecule has 0 saturated carbocycles. The highest BCUT2D eigenvalue weighted by atomic mass is 28.2. The lowest BCUT2D eigenvalue weighted by Crippen LogP contribution is -2.30. The van der Waals surface area contributed by atoms with Crippen LogP contribution >= 0.6 is 0 Å². The van der Waals surface area contributed by atoms with Crippen molar-refractivity contribution in [2.24, 2.45) is 0 Å². The van der Waals surface area contributed by atoms with Crippen LogP contribution in [0.25, 0.3) is 0 Å². The number of unbranched alkanes of at least 4 members (excludes halogenated alkanes) is 2. The standard InChI is InChI=1S/C13H19F3O3Si/c14-13(15,16)11-7-5-10(6-8-11)4-2-1-3-9-12(17,18)19-20/h5-8,17-18H,1-4,9H2,20H3. The summed E-state index contributed by atoms with van der Waals surface area (Å²) in [6, 6.07) is 5.12. The van der Waals surface area contributed by atoms with Crippen LogP contribution in [0.4, 0.5) is 13.2 Å². The van der Waals surface area contributed by atoms with E-state index in [1.165, 1.54) is 12.1 Å². The van der Waals surface area contributed by atoms with Crippen molar-refractivity contribution in [2.45, 2.75) is 44.3 Å². The van der Waals surface area contributed by atoms with Crippen molar-refractivity contribution in [1.29, 1.82) is 0 Å². The van der Waals surface area contributed by atoms with E-state index in [0.717, 1.165) is 30.5 Å². The molecule has 0 radical (unpaired) electrons. The molecule has 0 amide bonds. The third kappa shape index (κ3) is 6.04. The minimum absolute atomic E-state index is 0.142. The van der Waals surface area contributed by atoms with Crippen LogP contribution < -0.4 is 0 Å². The van der Waals surface area contributed by atoms with Gasteiger partial charge in [0.15, 0.2) is 10.5 Å². The lowest BCUT2D eigenvalue weighted by atomic mass is 10.0. The SMILES string of the molecule is OC(O)(CCCCCc1ccc(C(F)(F)F)cc1)O[SiH3]. The number of aliphatic hydroxyl groups is 2. The smallest absolute Gasteiger partial charge is 0.381 e. The summed E-state index contributed by atoms with van der Waals surface area (Å²) >= 11 is 0. The predicted octanol–water partition coefficient (Wildman–Crippen LogP) is 1.74. The van der Waals surface area contributed by atoms with Gasteiger partial charge in [-0.3, -0.25) is 0 Å². The van der Waals surface area contributed by atoms with Crippen LogP contribution in [0.15, 0.2) is 24.3 Å². The molecule has 0 fully saturated rings. The molecule has 0 saturated heterocycles. The molecule has 0 atom stereocenters. The lowest BCUT2D eigenvalue weighted by molar-refractivity contribution is -0.295. The quantitative estimate of drug-likeness (QED) is 0.458. The van der Waals surface area contributed by atoms with Crippen molar-refractivity contribution in [3.8, 4) is 0 Å². The Bertz CT molecular complexity index is 404. The first-order valence-electron chi connectivity index (χ1n) is 6.41. The first kappa shape index (κ1) is 17.2. The molecular formula is C13H19F3O3Si. The van der Waals surface area contributed by atoms with Crippen LogP contribution in [0.1, 0.15) is 36.8 Å². The van der Waals surface area contributed by atoms with E-state index in [1.54, 1.807) is 0 Å². The Morgan fingerprint density at radius 1 is 1.00 bits per heavy atom. The van der Waals surface area contributed by atoms with Crippen molar-refractivity contribution in [3.05, 3.63) is 35.4 Å². The number of hydrogen-bond donors (Lipinski definition) is 2. The van der Waals surface area contributed by atoms with Gasteiger partial charge in [-0.2, -0.15) is 13.2 Å². The minimum Gasteiger partial charge on any atom is -0.381 e. The van der Waals surface area contributed by atoms with Crippen molar-refractivity contribution >= 4 is 10.5 Å². The summed E-state index contributed by atoms with van der Waals surface area (Å²) in [5.74, 6) is -2.03. The number of aryl methyl sites for hydroxylation is 1. The van der Waals surface area contributed by atoms with E-state index in [-0.39, 0.29) is 16.9 Å². The van der Waals surface area contributed by atoms with Gasteiger partial charge in [-0.15, -0.1) is 0 Å². The second-order valence-corrected chi connectivity index (χ2v) is 5.11. The zero-order chi connectivity index (χ0) is 15.2. The fraction of sp³-hybridized carbons (Fsp3) is 0.538. The predicted molar refractivity (Wildman–Crippen MR) is 71.8 cm³/mol. The topological polar surface area (TPSA) is 49.7 Å². The van der Waals surface area contributed by atoms with E-state index in [1.807, 2.05) is 0 Å². The average molecular weight is 308 g/mol. The van der Waals surface area contributed by atoms with Crippen LogP contribution in [-0.4, -0.2) is 26.7 Å². The van der Waals surface area contributed by atoms with Gasteiger partial charge < -0.3 is 14.6 Å². The van der Waals surface area contributed by atoms with E-state index in [9.17, 15) is 23.4 Å². The molecule has 3 nitrogen and oxygen atoms in total. The highest BCUT2D eigenvalue weighted by molar-refractivity contribution is 5.98. The molecule has 0 aliphatic carbocycles. The molecule has 1 rings (SSSR count). The Morgan fingerprint density at radius 2 is 1.60 bits per heavy atom. The van der Waals surface area contributed by atoms with Crippen molar-refractivity contribution in [2.75, 3.05) is 0 Å². The highest BCUT2D eigenvalue weighted by Gasteiger charge is 2.29.